The van der Waals surface area contributed by atoms with Crippen molar-refractivity contribution in [2.45, 2.75) is 25.9 Å². The topological polar surface area (TPSA) is 317 Å². The molecular weight excluding hydrogens is 1840 g/mol. The van der Waals surface area contributed by atoms with Crippen molar-refractivity contribution in [3.05, 3.63) is 328 Å². The number of hydrogen-bond donors (Lipinski definition) is 5. The van der Waals surface area contributed by atoms with Crippen LogP contribution in [0.2, 0.25) is 40.2 Å². The highest BCUT2D eigenvalue weighted by Gasteiger charge is 2.31. The minimum atomic E-state index is -3.29. The molecule has 0 saturated carbocycles. The minimum absolute atomic E-state index is 0.0956. The largest absolute Gasteiger partial charge is 0.378 e. The van der Waals surface area contributed by atoms with Crippen LogP contribution in [-0.2, 0) is 19.5 Å². The number of morpholine rings is 2. The van der Waals surface area contributed by atoms with Crippen LogP contribution < -0.4 is 26.6 Å². The van der Waals surface area contributed by atoms with Crippen LogP contribution in [0.5, 0.6) is 0 Å². The third kappa shape index (κ3) is 25.0. The lowest BCUT2D eigenvalue weighted by Gasteiger charge is -2.36. The number of nitrogens with zero attached hydrogens (tertiary/aromatic N) is 9. The Labute approximate surface area is 790 Å². The lowest BCUT2D eigenvalue weighted by atomic mass is 10.1. The number of halogens is 8. The van der Waals surface area contributed by atoms with Crippen LogP contribution in [0.3, 0.4) is 0 Å². The van der Waals surface area contributed by atoms with Crippen LogP contribution in [0.4, 0.5) is 22.7 Å². The van der Waals surface area contributed by atoms with Gasteiger partial charge >= 0.3 is 0 Å². The Bertz CT molecular complexity index is 6120. The minimum Gasteiger partial charge on any atom is -0.378 e. The normalized spacial score (nSPS) is 15.0. The number of amides is 8. The van der Waals surface area contributed by atoms with Gasteiger partial charge in [-0.3, -0.25) is 58.3 Å². The van der Waals surface area contributed by atoms with Gasteiger partial charge in [-0.1, -0.05) is 117 Å². The van der Waals surface area contributed by atoms with Gasteiger partial charge < -0.3 is 55.7 Å². The summed E-state index contributed by atoms with van der Waals surface area (Å²) in [6.07, 6.45) is 7.84. The molecule has 12 aromatic rings. The third-order valence-electron chi connectivity index (χ3n) is 20.9. The lowest BCUT2D eigenvalue weighted by Crippen LogP contribution is -2.55. The van der Waals surface area contributed by atoms with Gasteiger partial charge in [0.05, 0.1) is 118 Å². The van der Waals surface area contributed by atoms with E-state index in [1.165, 1.54) is 34.6 Å². The molecule has 4 fully saturated rings. The molecule has 8 heterocycles. The molecule has 0 radical (unpaired) electrons. The first-order chi connectivity index (χ1) is 62.5. The SMILES string of the molecule is CC1CN(C(=O)c2ccc(C(=O)Nc3ccc(Cl)c(-c4ccccn4)c3)c(Cl)c2)CC(C)N1.CS(=O)(=O)N1CCN(C(=O)c2ccc(C(=O)Nc3ccc(Cl)c(-c4ccccn4)c3)c(Cl)c2)CC1.O=C(Nc1ccc(Cl)c(-c2ccccn2)c1)c1ccc(C(=O)N2CCOCC2)cc1Cl.O=C(Nc1ccc(Cl)c(-c2ccccn2)c1)c1ccc(C(=O)N2CCOCC2)cc1Cl. The predicted octanol–water partition coefficient (Wildman–Crippen LogP) is 18.7. The Hall–Kier alpha value is -11.8. The maximum Gasteiger partial charge on any atom is 0.257 e. The zero-order valence-electron chi connectivity index (χ0n) is 70.0. The maximum atomic E-state index is 12.9. The number of benzene rings is 8. The number of nitrogens with one attached hydrogen (secondary N) is 5. The molecule has 35 heteroatoms. The summed E-state index contributed by atoms with van der Waals surface area (Å²) in [5.74, 6) is -2.21. The summed E-state index contributed by atoms with van der Waals surface area (Å²) < 4.78 is 35.2. The second-order valence-corrected chi connectivity index (χ2v) is 35.4. The van der Waals surface area contributed by atoms with E-state index in [0.717, 1.165) is 6.26 Å². The van der Waals surface area contributed by atoms with E-state index in [1.54, 1.807) is 161 Å². The highest BCUT2D eigenvalue weighted by atomic mass is 35.5. The van der Waals surface area contributed by atoms with E-state index in [-0.39, 0.29) is 122 Å². The first-order valence-electron chi connectivity index (χ1n) is 40.8. The Kier molecular flexibility index (Phi) is 32.9. The lowest BCUT2D eigenvalue weighted by molar-refractivity contribution is 0.0301. The van der Waals surface area contributed by atoms with Gasteiger partial charge in [0, 0.05) is 170 Å². The van der Waals surface area contributed by atoms with E-state index in [0.29, 0.717) is 176 Å². The molecule has 668 valence electrons. The van der Waals surface area contributed by atoms with E-state index < -0.39 is 15.9 Å². The van der Waals surface area contributed by atoms with Gasteiger partial charge in [-0.2, -0.15) is 4.31 Å². The molecule has 8 aromatic carbocycles. The van der Waals surface area contributed by atoms with Gasteiger partial charge in [-0.25, -0.2) is 8.42 Å². The molecule has 4 aliphatic rings. The molecule has 26 nitrogen and oxygen atoms in total. The standard InChI is InChI=1S/C25H24Cl2N4O2.C24H22Cl2N4O4S.2C23H19Cl2N3O3/c1-15-13-31(14-16(2)29-15)25(33)17-6-8-19(22(27)11-17)24(32)30-18-7-9-21(26)20(12-18)23-5-3-4-10-28-23;1-35(33,34)30-12-10-29(11-13-30)24(32)16-5-7-18(21(26)14-16)23(31)28-17-6-8-20(25)19(15-17)22-4-2-3-9-27-22;2*24-19-7-5-16(14-18(19)21-3-1-2-8-26-21)27-22(29)17-6-4-15(13-20(17)25)23(30)28-9-11-31-12-10-28/h3-12,15-16,29H,13-14H2,1-2H3,(H,30,32);2-9,14-15H,10-13H2,1H3,(H,28,31);2*1-8,13-14H,9-12H2,(H,27,29). The number of carbonyl (C=O) groups excluding carboxylic acids is 8. The fraction of sp³-hybridized carbons (Fsp3) is 0.200. The van der Waals surface area contributed by atoms with Gasteiger partial charge in [0.25, 0.3) is 47.3 Å². The van der Waals surface area contributed by atoms with Crippen LogP contribution in [0.15, 0.2) is 243 Å². The molecule has 4 aromatic heterocycles. The fourth-order valence-electron chi connectivity index (χ4n) is 14.4. The number of hydrogen-bond acceptors (Lipinski definition) is 17. The maximum absolute atomic E-state index is 12.9. The monoisotopic (exact) mass is 1920 g/mol. The Morgan fingerprint density at radius 2 is 0.577 bits per heavy atom. The summed E-state index contributed by atoms with van der Waals surface area (Å²) in [5.41, 5.74) is 10.5. The molecule has 0 spiro atoms. The van der Waals surface area contributed by atoms with Crippen molar-refractivity contribution in [1.29, 1.82) is 0 Å². The van der Waals surface area contributed by atoms with Crippen molar-refractivity contribution in [2.24, 2.45) is 0 Å². The highest BCUT2D eigenvalue weighted by molar-refractivity contribution is 7.88. The first kappa shape index (κ1) is 95.8. The summed E-state index contributed by atoms with van der Waals surface area (Å²) >= 11 is 50.7. The number of rotatable bonds is 17. The average molecular weight is 1930 g/mol. The van der Waals surface area contributed by atoms with E-state index >= 15 is 0 Å². The molecule has 8 amide bonds. The van der Waals surface area contributed by atoms with Crippen LogP contribution in [0.1, 0.15) is 96.7 Å². The molecule has 0 aliphatic carbocycles. The zero-order chi connectivity index (χ0) is 92.3. The Morgan fingerprint density at radius 1 is 0.323 bits per heavy atom. The van der Waals surface area contributed by atoms with Crippen molar-refractivity contribution in [3.63, 3.8) is 0 Å². The molecule has 5 N–H and O–H groups in total. The zero-order valence-corrected chi connectivity index (χ0v) is 76.9. The van der Waals surface area contributed by atoms with Gasteiger partial charge in [0.15, 0.2) is 0 Å². The molecule has 130 heavy (non-hydrogen) atoms. The van der Waals surface area contributed by atoms with Gasteiger partial charge in [0.1, 0.15) is 0 Å². The highest BCUT2D eigenvalue weighted by Crippen LogP contribution is 2.36. The molecule has 4 aliphatic heterocycles. The summed E-state index contributed by atoms with van der Waals surface area (Å²) in [6.45, 7) is 10.6. The predicted molar refractivity (Wildman–Crippen MR) is 510 cm³/mol. The number of piperazine rings is 2. The third-order valence-corrected chi connectivity index (χ3v) is 24.8. The van der Waals surface area contributed by atoms with Gasteiger partial charge in [-0.05, 0) is 208 Å². The summed E-state index contributed by atoms with van der Waals surface area (Å²) in [5, 5.41) is 17.5. The Balaban J connectivity index is 0.000000148. The molecule has 2 unspecified atom stereocenters. The van der Waals surface area contributed by atoms with Crippen LogP contribution in [0, 0.1) is 0 Å². The van der Waals surface area contributed by atoms with Crippen molar-refractivity contribution < 1.29 is 56.2 Å². The second-order valence-electron chi connectivity index (χ2n) is 30.2. The first-order valence-corrected chi connectivity index (χ1v) is 45.7. The van der Waals surface area contributed by atoms with Crippen LogP contribution in [0.25, 0.3) is 45.0 Å². The van der Waals surface area contributed by atoms with E-state index in [9.17, 15) is 46.8 Å². The molecule has 16 rings (SSSR count). The number of aromatic nitrogens is 4. The number of sulfonamides is 1. The van der Waals surface area contributed by atoms with E-state index in [4.69, 9.17) is 102 Å². The molecular formula is C95H84Cl8N14O12S. The molecule has 4 saturated heterocycles. The van der Waals surface area contributed by atoms with Crippen molar-refractivity contribution in [3.8, 4) is 45.0 Å². The number of ether oxygens (including phenoxy) is 2. The van der Waals surface area contributed by atoms with Gasteiger partial charge in [-0.15, -0.1) is 0 Å². The van der Waals surface area contributed by atoms with Crippen LogP contribution in [-0.4, -0.2) is 210 Å². The smallest absolute Gasteiger partial charge is 0.257 e. The van der Waals surface area contributed by atoms with Gasteiger partial charge in [0.2, 0.25) is 10.0 Å². The van der Waals surface area contributed by atoms with Crippen LogP contribution >= 0.6 is 92.8 Å². The summed E-state index contributed by atoms with van der Waals surface area (Å²) in [7, 11) is -3.29. The van der Waals surface area contributed by atoms with Crippen molar-refractivity contribution in [2.75, 3.05) is 119 Å². The molecule has 2 atom stereocenters. The van der Waals surface area contributed by atoms with E-state index in [2.05, 4.69) is 46.5 Å². The summed E-state index contributed by atoms with van der Waals surface area (Å²) in [6, 6.07) is 61.7. The van der Waals surface area contributed by atoms with E-state index in [1.807, 2.05) is 85.5 Å². The number of pyridine rings is 4. The number of carbonyl (C=O) groups is 8. The fourth-order valence-corrected chi connectivity index (χ4v) is 17.1. The van der Waals surface area contributed by atoms with Crippen molar-refractivity contribution in [1.82, 2.24) is 49.2 Å². The molecule has 0 bridgehead atoms. The average Bonchev–Trinajstić information content (AvgIpc) is 0.814. The second kappa shape index (κ2) is 44.7. The Morgan fingerprint density at radius 3 is 0.815 bits per heavy atom. The quantitative estimate of drug-likeness (QED) is 0.0565. The van der Waals surface area contributed by atoms with Crippen molar-refractivity contribution >= 4 is 173 Å². The summed E-state index contributed by atoms with van der Waals surface area (Å²) in [4.78, 5) is 126. The number of anilines is 4.